The van der Waals surface area contributed by atoms with Crippen LogP contribution in [0.3, 0.4) is 0 Å². The molecule has 0 aromatic carbocycles. The summed E-state index contributed by atoms with van der Waals surface area (Å²) in [7, 11) is 0. The number of thiol groups is 8. The van der Waals surface area contributed by atoms with Gasteiger partial charge in [-0.05, 0) is 6.42 Å². The molecule has 0 spiro atoms. The number of carbonyl (C=O) groups excluding carboxylic acids is 2. The summed E-state index contributed by atoms with van der Waals surface area (Å²) < 4.78 is 5.78. The Hall–Kier alpha value is 1.70. The lowest BCUT2D eigenvalue weighted by molar-refractivity contribution is -0.156. The van der Waals surface area contributed by atoms with Crippen molar-refractivity contribution in [1.82, 2.24) is 0 Å². The summed E-state index contributed by atoms with van der Waals surface area (Å²) in [6, 6.07) is 0. The molecule has 0 radical (unpaired) electrons. The van der Waals surface area contributed by atoms with E-state index in [1.165, 1.54) is 0 Å². The predicted molar refractivity (Wildman–Crippen MR) is 127 cm³/mol. The number of aliphatic hydroxyl groups excluding tert-OH is 1. The maximum absolute atomic E-state index is 12.2. The van der Waals surface area contributed by atoms with Gasteiger partial charge < -0.3 is 14.6 Å². The molecular weight excluding hydrogens is 481 g/mol. The molecule has 13 heteroatoms. The Morgan fingerprint density at radius 3 is 1.68 bits per heavy atom. The van der Waals surface area contributed by atoms with E-state index in [2.05, 4.69) is 101 Å². The Labute approximate surface area is 191 Å². The van der Waals surface area contributed by atoms with Crippen LogP contribution in [0, 0.1) is 5.41 Å². The lowest BCUT2D eigenvalue weighted by Crippen LogP contribution is -2.45. The van der Waals surface area contributed by atoms with Crippen LogP contribution in [-0.2, 0) is 19.1 Å². The van der Waals surface area contributed by atoms with Crippen molar-refractivity contribution in [3.63, 3.8) is 0 Å². The number of carbonyl (C=O) groups is 2. The molecule has 0 aliphatic rings. The van der Waals surface area contributed by atoms with Gasteiger partial charge in [0.15, 0.2) is 8.16 Å². The molecule has 0 aromatic rings. The first-order chi connectivity index (χ1) is 11.2. The number of hydrogen-bond donors (Lipinski definition) is 9. The van der Waals surface area contributed by atoms with Gasteiger partial charge in [-0.25, -0.2) is 9.59 Å². The van der Waals surface area contributed by atoms with Crippen molar-refractivity contribution in [2.45, 2.75) is 24.9 Å². The monoisotopic (exact) mass is 502 g/mol. The average molecular weight is 503 g/mol. The smallest absolute Gasteiger partial charge is 0.335 e. The average Bonchev–Trinajstić information content (AvgIpc) is 2.53. The third kappa shape index (κ3) is 7.56. The standard InChI is InChI=1S/C12H22O5S8/c1-2-9(3-13,4-16-7(14)10(19,20)6-18)5-17-8(15)11(21,22)12(23,24)25/h13,18-25H,2-6H2,1H3. The van der Waals surface area contributed by atoms with E-state index in [0.29, 0.717) is 6.42 Å². The van der Waals surface area contributed by atoms with Gasteiger partial charge >= 0.3 is 11.9 Å². The van der Waals surface area contributed by atoms with Gasteiger partial charge in [0.1, 0.15) is 16.6 Å². The molecule has 1 N–H and O–H groups in total. The second-order valence-electron chi connectivity index (χ2n) is 5.45. The van der Waals surface area contributed by atoms with Crippen LogP contribution in [0.5, 0.6) is 0 Å². The minimum atomic E-state index is -1.72. The molecule has 0 saturated heterocycles. The summed E-state index contributed by atoms with van der Waals surface area (Å²) in [6.07, 6.45) is 0.358. The summed E-state index contributed by atoms with van der Waals surface area (Å²) in [5.74, 6) is -1.53. The predicted octanol–water partition coefficient (Wildman–Crippen LogP) is 1.95. The highest BCUT2D eigenvalue weighted by Crippen LogP contribution is 2.45. The third-order valence-electron chi connectivity index (χ3n) is 3.40. The molecular formula is C12H22O5S8. The van der Waals surface area contributed by atoms with Crippen LogP contribution in [0.1, 0.15) is 13.3 Å². The first kappa shape index (κ1) is 26.7. The van der Waals surface area contributed by atoms with Crippen LogP contribution in [0.2, 0.25) is 0 Å². The van der Waals surface area contributed by atoms with Crippen molar-refractivity contribution in [3.05, 3.63) is 0 Å². The van der Waals surface area contributed by atoms with Crippen molar-refractivity contribution in [2.24, 2.45) is 5.41 Å². The molecule has 1 atom stereocenters. The molecule has 0 fully saturated rings. The first-order valence-corrected chi connectivity index (χ1v) is 10.6. The fourth-order valence-electron chi connectivity index (χ4n) is 1.30. The second kappa shape index (κ2) is 10.5. The molecule has 0 amide bonds. The van der Waals surface area contributed by atoms with Crippen molar-refractivity contribution in [1.29, 1.82) is 0 Å². The van der Waals surface area contributed by atoms with E-state index in [-0.39, 0.29) is 19.0 Å². The highest BCUT2D eigenvalue weighted by atomic mass is 32.2. The minimum absolute atomic E-state index is 0.0427. The van der Waals surface area contributed by atoms with E-state index >= 15 is 0 Å². The normalized spacial score (nSPS) is 15.4. The van der Waals surface area contributed by atoms with Crippen LogP contribution in [0.4, 0.5) is 0 Å². The molecule has 5 nitrogen and oxygen atoms in total. The number of esters is 2. The number of hydrogen-bond acceptors (Lipinski definition) is 13. The Bertz CT molecular complexity index is 473. The van der Waals surface area contributed by atoms with Gasteiger partial charge in [-0.2, -0.15) is 12.6 Å². The Balaban J connectivity index is 5.01. The van der Waals surface area contributed by atoms with Crippen molar-refractivity contribution < 1.29 is 24.2 Å². The van der Waals surface area contributed by atoms with Gasteiger partial charge in [0.05, 0.1) is 12.0 Å². The van der Waals surface area contributed by atoms with Gasteiger partial charge in [0, 0.05) is 5.75 Å². The Morgan fingerprint density at radius 2 is 1.36 bits per heavy atom. The van der Waals surface area contributed by atoms with E-state index in [4.69, 9.17) is 9.47 Å². The second-order valence-corrected chi connectivity index (χ2v) is 12.4. The van der Waals surface area contributed by atoms with Crippen molar-refractivity contribution >= 4 is 113 Å². The lowest BCUT2D eigenvalue weighted by atomic mass is 9.88. The molecule has 0 aliphatic carbocycles. The summed E-state index contributed by atoms with van der Waals surface area (Å²) in [4.78, 5) is 24.1. The van der Waals surface area contributed by atoms with Gasteiger partial charge in [0.2, 0.25) is 0 Å². The van der Waals surface area contributed by atoms with E-state index in [1.807, 2.05) is 0 Å². The fourth-order valence-corrected chi connectivity index (χ4v) is 1.97. The number of ether oxygens (including phenoxy) is 2. The summed E-state index contributed by atoms with van der Waals surface area (Å²) >= 11 is 32.3. The minimum Gasteiger partial charge on any atom is -0.463 e. The zero-order valence-corrected chi connectivity index (χ0v) is 20.3. The SMILES string of the molecule is CCC(CO)(COC(=O)C(S)(S)CS)COC(=O)C(S)(S)C(S)(S)S. The molecule has 25 heavy (non-hydrogen) atoms. The van der Waals surface area contributed by atoms with Crippen LogP contribution in [-0.4, -0.2) is 54.2 Å². The first-order valence-electron chi connectivity index (χ1n) is 6.82. The molecule has 0 heterocycles. The summed E-state index contributed by atoms with van der Waals surface area (Å²) in [6.45, 7) is 0.910. The molecule has 0 aromatic heterocycles. The fraction of sp³-hybridized carbons (Fsp3) is 0.833. The quantitative estimate of drug-likeness (QED) is 0.130. The molecule has 0 aliphatic heterocycles. The number of aliphatic hydroxyl groups is 1. The summed E-state index contributed by atoms with van der Waals surface area (Å²) in [5, 5.41) is 9.71. The largest absolute Gasteiger partial charge is 0.463 e. The Kier molecular flexibility index (Phi) is 11.2. The Morgan fingerprint density at radius 1 is 0.920 bits per heavy atom. The van der Waals surface area contributed by atoms with Crippen LogP contribution < -0.4 is 0 Å². The highest BCUT2D eigenvalue weighted by Gasteiger charge is 2.48. The molecule has 1 unspecified atom stereocenters. The van der Waals surface area contributed by atoms with Gasteiger partial charge in [-0.3, -0.25) is 0 Å². The van der Waals surface area contributed by atoms with Crippen LogP contribution >= 0.6 is 101 Å². The topological polar surface area (TPSA) is 72.8 Å². The van der Waals surface area contributed by atoms with E-state index in [9.17, 15) is 14.7 Å². The molecule has 0 saturated carbocycles. The maximum Gasteiger partial charge on any atom is 0.335 e. The maximum atomic E-state index is 12.2. The third-order valence-corrected chi connectivity index (χ3v) is 8.16. The molecule has 0 bridgehead atoms. The van der Waals surface area contributed by atoms with Gasteiger partial charge in [-0.1, -0.05) is 6.92 Å². The van der Waals surface area contributed by atoms with Crippen LogP contribution in [0.25, 0.3) is 0 Å². The molecule has 0 rings (SSSR count). The van der Waals surface area contributed by atoms with E-state index in [0.717, 1.165) is 0 Å². The number of rotatable bonds is 10. The zero-order chi connectivity index (χ0) is 20.1. The lowest BCUT2D eigenvalue weighted by Gasteiger charge is -2.34. The van der Waals surface area contributed by atoms with E-state index in [1.54, 1.807) is 6.92 Å². The highest BCUT2D eigenvalue weighted by molar-refractivity contribution is 8.20. The molecule has 148 valence electrons. The van der Waals surface area contributed by atoms with Gasteiger partial charge in [-0.15, -0.1) is 88.4 Å². The van der Waals surface area contributed by atoms with Crippen molar-refractivity contribution in [3.8, 4) is 0 Å². The zero-order valence-electron chi connectivity index (χ0n) is 13.2. The van der Waals surface area contributed by atoms with Gasteiger partial charge in [0.25, 0.3) is 0 Å². The van der Waals surface area contributed by atoms with Crippen LogP contribution in [0.15, 0.2) is 0 Å². The van der Waals surface area contributed by atoms with Crippen molar-refractivity contribution in [2.75, 3.05) is 25.6 Å². The van der Waals surface area contributed by atoms with E-state index < -0.39 is 35.5 Å². The summed E-state index contributed by atoms with van der Waals surface area (Å²) in [5.41, 5.74) is -1.01.